The molecule has 1 aromatic heterocycles. The minimum absolute atomic E-state index is 0.0185. The Bertz CT molecular complexity index is 194. The highest BCUT2D eigenvalue weighted by molar-refractivity contribution is 5.27. The molecule has 0 fully saturated rings. The van der Waals surface area contributed by atoms with Crippen LogP contribution in [-0.2, 0) is 0 Å². The third-order valence-electron chi connectivity index (χ3n) is 0.715. The van der Waals surface area contributed by atoms with E-state index >= 15 is 0 Å². The Morgan fingerprint density at radius 3 is 2.62 bits per heavy atom. The maximum Gasteiger partial charge on any atom is 0.262 e. The van der Waals surface area contributed by atoms with Crippen molar-refractivity contribution >= 4 is 5.82 Å². The summed E-state index contributed by atoms with van der Waals surface area (Å²) in [5.74, 6) is 0.0185. The Morgan fingerprint density at radius 2 is 2.38 bits per heavy atom. The molecule has 0 saturated carbocycles. The third-order valence-corrected chi connectivity index (χ3v) is 0.715. The van der Waals surface area contributed by atoms with E-state index in [1.54, 1.807) is 6.92 Å². The Morgan fingerprint density at radius 1 is 1.62 bits per heavy atom. The molecule has 0 amide bonds. The first-order chi connectivity index (χ1) is 3.84. The summed E-state index contributed by atoms with van der Waals surface area (Å²) in [5.41, 5.74) is 0.417. The van der Waals surface area contributed by atoms with Crippen molar-refractivity contribution in [2.45, 2.75) is 6.92 Å². The predicted molar refractivity (Wildman–Crippen MR) is 24.5 cm³/mol. The van der Waals surface area contributed by atoms with Crippen molar-refractivity contribution in [2.24, 2.45) is 5.18 Å². The summed E-state index contributed by atoms with van der Waals surface area (Å²) >= 11 is 0. The van der Waals surface area contributed by atoms with Gasteiger partial charge >= 0.3 is 0 Å². The molecule has 0 radical (unpaired) electrons. The van der Waals surface area contributed by atoms with Crippen molar-refractivity contribution in [1.29, 1.82) is 0 Å². The van der Waals surface area contributed by atoms with Crippen LogP contribution in [0.4, 0.5) is 5.82 Å². The van der Waals surface area contributed by atoms with E-state index in [0.29, 0.717) is 5.69 Å². The van der Waals surface area contributed by atoms with E-state index in [2.05, 4.69) is 20.1 Å². The van der Waals surface area contributed by atoms with Crippen molar-refractivity contribution in [3.05, 3.63) is 10.6 Å². The number of rotatable bonds is 1. The molecule has 0 aliphatic carbocycles. The topological polar surface area (TPSA) is 68.3 Å². The maximum absolute atomic E-state index is 9.68. The summed E-state index contributed by atoms with van der Waals surface area (Å²) < 4.78 is 4.14. The Balaban J connectivity index is 3.09. The number of hydrogen-bond acceptors (Lipinski definition) is 5. The van der Waals surface area contributed by atoms with Gasteiger partial charge in [-0.2, -0.15) is 0 Å². The molecule has 0 atom stereocenters. The second kappa shape index (κ2) is 1.69. The first-order valence-corrected chi connectivity index (χ1v) is 1.97. The van der Waals surface area contributed by atoms with E-state index in [9.17, 15) is 4.91 Å². The van der Waals surface area contributed by atoms with Crippen molar-refractivity contribution in [1.82, 2.24) is 10.3 Å². The van der Waals surface area contributed by atoms with E-state index in [0.717, 1.165) is 0 Å². The molecule has 5 nitrogen and oxygen atoms in total. The number of hydrogen-bond donors (Lipinski definition) is 0. The molecule has 8 heavy (non-hydrogen) atoms. The standard InChI is InChI=1S/C3H3N3O2/c1-2-3(4-7)6-8-5-2/h1H3. The van der Waals surface area contributed by atoms with E-state index in [-0.39, 0.29) is 5.82 Å². The number of aromatic nitrogens is 2. The van der Waals surface area contributed by atoms with Gasteiger partial charge in [0.25, 0.3) is 5.82 Å². The van der Waals surface area contributed by atoms with Gasteiger partial charge in [-0.15, -0.1) is 4.91 Å². The summed E-state index contributed by atoms with van der Waals surface area (Å²) in [4.78, 5) is 9.68. The number of nitroso groups, excluding NO2 is 1. The highest BCUT2D eigenvalue weighted by Crippen LogP contribution is 2.09. The quantitative estimate of drug-likeness (QED) is 0.504. The van der Waals surface area contributed by atoms with Crippen LogP contribution >= 0.6 is 0 Å². The molecule has 1 rings (SSSR count). The molecule has 1 aromatic rings. The normalized spacial score (nSPS) is 9.12. The third kappa shape index (κ3) is 0.575. The zero-order valence-electron chi connectivity index (χ0n) is 4.16. The Kier molecular flexibility index (Phi) is 1.03. The van der Waals surface area contributed by atoms with Gasteiger partial charge < -0.3 is 0 Å². The fourth-order valence-electron chi connectivity index (χ4n) is 0.310. The maximum atomic E-state index is 9.68. The lowest BCUT2D eigenvalue weighted by Crippen LogP contribution is -1.65. The van der Waals surface area contributed by atoms with Gasteiger partial charge in [-0.25, -0.2) is 4.63 Å². The molecule has 0 unspecified atom stereocenters. The summed E-state index contributed by atoms with van der Waals surface area (Å²) in [6.07, 6.45) is 0. The second-order valence-corrected chi connectivity index (χ2v) is 1.26. The number of nitrogens with zero attached hydrogens (tertiary/aromatic N) is 3. The number of aryl methyl sites for hydroxylation is 1. The van der Waals surface area contributed by atoms with Crippen LogP contribution in [0.1, 0.15) is 5.69 Å². The van der Waals surface area contributed by atoms with Crippen LogP contribution < -0.4 is 0 Å². The molecule has 0 aliphatic heterocycles. The van der Waals surface area contributed by atoms with E-state index < -0.39 is 0 Å². The van der Waals surface area contributed by atoms with Crippen LogP contribution in [0.15, 0.2) is 9.81 Å². The van der Waals surface area contributed by atoms with Crippen LogP contribution in [0, 0.1) is 11.8 Å². The van der Waals surface area contributed by atoms with Crippen molar-refractivity contribution in [3.8, 4) is 0 Å². The van der Waals surface area contributed by atoms with Gasteiger partial charge in [0.05, 0.1) is 0 Å². The van der Waals surface area contributed by atoms with Gasteiger partial charge in [-0.1, -0.05) is 5.16 Å². The van der Waals surface area contributed by atoms with Crippen molar-refractivity contribution in [3.63, 3.8) is 0 Å². The molecule has 0 aliphatic rings. The molecule has 0 saturated heterocycles. The van der Waals surface area contributed by atoms with Gasteiger partial charge in [0.15, 0.2) is 0 Å². The van der Waals surface area contributed by atoms with Gasteiger partial charge in [0.2, 0.25) is 0 Å². The average molecular weight is 113 g/mol. The highest BCUT2D eigenvalue weighted by Gasteiger charge is 2.01. The van der Waals surface area contributed by atoms with Crippen LogP contribution in [0.2, 0.25) is 0 Å². The summed E-state index contributed by atoms with van der Waals surface area (Å²) in [7, 11) is 0. The van der Waals surface area contributed by atoms with Gasteiger partial charge in [0, 0.05) is 0 Å². The zero-order valence-corrected chi connectivity index (χ0v) is 4.16. The van der Waals surface area contributed by atoms with Gasteiger partial charge in [-0.05, 0) is 17.3 Å². The lowest BCUT2D eigenvalue weighted by atomic mass is 10.5. The predicted octanol–water partition coefficient (Wildman–Crippen LogP) is 0.776. The fraction of sp³-hybridized carbons (Fsp3) is 0.333. The van der Waals surface area contributed by atoms with E-state index in [1.807, 2.05) is 0 Å². The summed E-state index contributed by atoms with van der Waals surface area (Å²) in [5, 5.41) is 8.99. The Labute approximate surface area is 44.6 Å². The van der Waals surface area contributed by atoms with Gasteiger partial charge in [0.1, 0.15) is 5.69 Å². The monoisotopic (exact) mass is 113 g/mol. The second-order valence-electron chi connectivity index (χ2n) is 1.26. The fourth-order valence-corrected chi connectivity index (χ4v) is 0.310. The highest BCUT2D eigenvalue weighted by atomic mass is 16.6. The molecule has 0 aromatic carbocycles. The van der Waals surface area contributed by atoms with Crippen LogP contribution in [0.3, 0.4) is 0 Å². The molecule has 42 valence electrons. The molecule has 0 spiro atoms. The van der Waals surface area contributed by atoms with Crippen molar-refractivity contribution < 1.29 is 4.63 Å². The molecule has 1 heterocycles. The summed E-state index contributed by atoms with van der Waals surface area (Å²) in [6, 6.07) is 0. The smallest absolute Gasteiger partial charge is 0.242 e. The van der Waals surface area contributed by atoms with Crippen LogP contribution in [-0.4, -0.2) is 10.3 Å². The van der Waals surface area contributed by atoms with Gasteiger partial charge in [-0.3, -0.25) is 0 Å². The first kappa shape index (κ1) is 4.89. The first-order valence-electron chi connectivity index (χ1n) is 1.97. The van der Waals surface area contributed by atoms with E-state index in [4.69, 9.17) is 0 Å². The van der Waals surface area contributed by atoms with Crippen molar-refractivity contribution in [2.75, 3.05) is 0 Å². The van der Waals surface area contributed by atoms with E-state index in [1.165, 1.54) is 0 Å². The molecule has 0 N–H and O–H groups in total. The minimum Gasteiger partial charge on any atom is -0.242 e. The lowest BCUT2D eigenvalue weighted by Gasteiger charge is -1.69. The molecular weight excluding hydrogens is 110 g/mol. The SMILES string of the molecule is Cc1nonc1N=O. The average Bonchev–Trinajstić information content (AvgIpc) is 2.14. The molecular formula is C3H3N3O2. The summed E-state index contributed by atoms with van der Waals surface area (Å²) in [6.45, 7) is 1.59. The zero-order chi connectivity index (χ0) is 5.98. The minimum atomic E-state index is 0.0185. The largest absolute Gasteiger partial charge is 0.262 e. The van der Waals surface area contributed by atoms with Crippen LogP contribution in [0.5, 0.6) is 0 Å². The molecule has 0 bridgehead atoms. The molecule has 5 heteroatoms. The lowest BCUT2D eigenvalue weighted by molar-refractivity contribution is 0.305. The Hall–Kier alpha value is -1.26. The van der Waals surface area contributed by atoms with Crippen LogP contribution in [0.25, 0.3) is 0 Å².